The lowest BCUT2D eigenvalue weighted by atomic mass is 9.99. The van der Waals surface area contributed by atoms with E-state index in [9.17, 15) is 15.3 Å². The maximum absolute atomic E-state index is 9.73. The van der Waals surface area contributed by atoms with Gasteiger partial charge in [-0.1, -0.05) is 12.1 Å². The highest BCUT2D eigenvalue weighted by molar-refractivity contribution is 5.20. The van der Waals surface area contributed by atoms with Crippen molar-refractivity contribution in [3.8, 4) is 5.75 Å². The molecule has 5 atom stereocenters. The van der Waals surface area contributed by atoms with E-state index >= 15 is 0 Å². The second-order valence-electron chi connectivity index (χ2n) is 4.05. The molecule has 0 bridgehead atoms. The largest absolute Gasteiger partial charge is 0.462 e. The third-order valence-corrected chi connectivity index (χ3v) is 2.79. The Labute approximate surface area is 104 Å². The van der Waals surface area contributed by atoms with Crippen LogP contribution in [0.2, 0.25) is 0 Å². The lowest BCUT2D eigenvalue weighted by Gasteiger charge is -2.39. The molecular formula is C12H15O6. The second-order valence-corrected chi connectivity index (χ2v) is 4.05. The van der Waals surface area contributed by atoms with E-state index in [1.165, 1.54) is 0 Å². The first kappa shape index (κ1) is 13.3. The molecule has 0 amide bonds. The first-order chi connectivity index (χ1) is 8.63. The van der Waals surface area contributed by atoms with Crippen LogP contribution >= 0.6 is 0 Å². The molecule has 4 N–H and O–H groups in total. The van der Waals surface area contributed by atoms with Gasteiger partial charge in [0.2, 0.25) is 6.29 Å². The minimum absolute atomic E-state index is 0.429. The molecule has 0 aromatic heterocycles. The molecule has 6 nitrogen and oxygen atoms in total. The summed E-state index contributed by atoms with van der Waals surface area (Å²) in [5, 5.41) is 37.9. The van der Waals surface area contributed by atoms with Crippen LogP contribution in [0.1, 0.15) is 0 Å². The standard InChI is InChI=1S/C12H15O6/c13-6-8-9(14)10(15)11(16)12(18-8)17-7-4-2-1-3-5-7/h2-5,8-16H,6H2/t8-,9+,10+,11-,12+/m1/s1. The summed E-state index contributed by atoms with van der Waals surface area (Å²) in [5.41, 5.74) is 0. The summed E-state index contributed by atoms with van der Waals surface area (Å²) in [6, 6.07) is 9.28. The van der Waals surface area contributed by atoms with Crippen molar-refractivity contribution in [3.63, 3.8) is 0 Å². The molecule has 1 heterocycles. The van der Waals surface area contributed by atoms with E-state index in [0.29, 0.717) is 5.75 Å². The molecule has 1 aliphatic rings. The first-order valence-corrected chi connectivity index (χ1v) is 5.57. The van der Waals surface area contributed by atoms with Crippen LogP contribution in [0.4, 0.5) is 0 Å². The summed E-state index contributed by atoms with van der Waals surface area (Å²) in [5.74, 6) is 0.429. The summed E-state index contributed by atoms with van der Waals surface area (Å²) < 4.78 is 10.5. The lowest BCUT2D eigenvalue weighted by molar-refractivity contribution is -0.277. The van der Waals surface area contributed by atoms with Crippen LogP contribution in [-0.4, -0.2) is 57.7 Å². The van der Waals surface area contributed by atoms with Gasteiger partial charge in [-0.15, -0.1) is 0 Å². The van der Waals surface area contributed by atoms with Gasteiger partial charge in [-0.05, 0) is 18.2 Å². The number of hydrogen-bond donors (Lipinski definition) is 4. The van der Waals surface area contributed by atoms with Crippen molar-refractivity contribution in [1.82, 2.24) is 0 Å². The summed E-state index contributed by atoms with van der Waals surface area (Å²) in [4.78, 5) is 0. The van der Waals surface area contributed by atoms with E-state index in [-0.39, 0.29) is 0 Å². The van der Waals surface area contributed by atoms with E-state index in [1.807, 2.05) is 0 Å². The van der Waals surface area contributed by atoms with Crippen molar-refractivity contribution in [2.24, 2.45) is 0 Å². The summed E-state index contributed by atoms with van der Waals surface area (Å²) in [7, 11) is 0. The van der Waals surface area contributed by atoms with Gasteiger partial charge in [0, 0.05) is 0 Å². The van der Waals surface area contributed by atoms with Crippen LogP contribution in [-0.2, 0) is 4.74 Å². The molecule has 1 aromatic rings. The SMILES string of the molecule is OC[C@H]1O[C@H](Oc2cc[c]cc2)[C@H](O)[C@@H](O)[C@H]1O. The molecule has 6 heteroatoms. The van der Waals surface area contributed by atoms with Gasteiger partial charge in [-0.25, -0.2) is 0 Å². The monoisotopic (exact) mass is 255 g/mol. The third-order valence-electron chi connectivity index (χ3n) is 2.79. The second kappa shape index (κ2) is 5.64. The molecule has 18 heavy (non-hydrogen) atoms. The Balaban J connectivity index is 2.08. The molecule has 0 aliphatic carbocycles. The molecule has 1 aliphatic heterocycles. The average Bonchev–Trinajstić information content (AvgIpc) is 2.40. The third kappa shape index (κ3) is 2.63. The molecule has 0 spiro atoms. The molecule has 1 saturated heterocycles. The van der Waals surface area contributed by atoms with Crippen molar-refractivity contribution in [2.45, 2.75) is 30.7 Å². The molecule has 1 fully saturated rings. The summed E-state index contributed by atoms with van der Waals surface area (Å²) in [6.45, 7) is -0.479. The minimum atomic E-state index is -1.43. The zero-order valence-electron chi connectivity index (χ0n) is 9.51. The number of aliphatic hydroxyl groups excluding tert-OH is 4. The zero-order valence-corrected chi connectivity index (χ0v) is 9.51. The summed E-state index contributed by atoms with van der Waals surface area (Å²) >= 11 is 0. The smallest absolute Gasteiger partial charge is 0.229 e. The van der Waals surface area contributed by atoms with Crippen molar-refractivity contribution in [3.05, 3.63) is 30.3 Å². The van der Waals surface area contributed by atoms with E-state index in [2.05, 4.69) is 6.07 Å². The van der Waals surface area contributed by atoms with Crippen LogP contribution in [0.5, 0.6) is 5.75 Å². The topological polar surface area (TPSA) is 99.4 Å². The lowest BCUT2D eigenvalue weighted by Crippen LogP contribution is -2.60. The van der Waals surface area contributed by atoms with Gasteiger partial charge in [-0.3, -0.25) is 0 Å². The molecule has 99 valence electrons. The Bertz CT molecular complexity index is 368. The van der Waals surface area contributed by atoms with Gasteiger partial charge in [-0.2, -0.15) is 0 Å². The Morgan fingerprint density at radius 2 is 1.78 bits per heavy atom. The number of rotatable bonds is 3. The van der Waals surface area contributed by atoms with Crippen LogP contribution in [0.25, 0.3) is 0 Å². The first-order valence-electron chi connectivity index (χ1n) is 5.57. The van der Waals surface area contributed by atoms with Gasteiger partial charge in [0.25, 0.3) is 0 Å². The fourth-order valence-electron chi connectivity index (χ4n) is 1.75. The average molecular weight is 255 g/mol. The minimum Gasteiger partial charge on any atom is -0.462 e. The normalized spacial score (nSPS) is 36.3. The molecule has 0 unspecified atom stereocenters. The Kier molecular flexibility index (Phi) is 4.15. The number of hydrogen-bond acceptors (Lipinski definition) is 6. The van der Waals surface area contributed by atoms with E-state index in [1.54, 1.807) is 24.3 Å². The molecule has 2 rings (SSSR count). The fourth-order valence-corrected chi connectivity index (χ4v) is 1.75. The van der Waals surface area contributed by atoms with E-state index < -0.39 is 37.3 Å². The Morgan fingerprint density at radius 1 is 1.11 bits per heavy atom. The predicted molar refractivity (Wildman–Crippen MR) is 59.7 cm³/mol. The van der Waals surface area contributed by atoms with Crippen molar-refractivity contribution in [1.29, 1.82) is 0 Å². The van der Waals surface area contributed by atoms with Crippen LogP contribution in [0, 0.1) is 6.07 Å². The molecule has 1 radical (unpaired) electrons. The van der Waals surface area contributed by atoms with Crippen molar-refractivity contribution >= 4 is 0 Å². The highest BCUT2D eigenvalue weighted by Gasteiger charge is 2.44. The zero-order chi connectivity index (χ0) is 13.1. The predicted octanol–water partition coefficient (Wildman–Crippen LogP) is -1.33. The van der Waals surface area contributed by atoms with Crippen LogP contribution in [0.3, 0.4) is 0 Å². The maximum Gasteiger partial charge on any atom is 0.229 e. The molecular weight excluding hydrogens is 240 g/mol. The van der Waals surface area contributed by atoms with Gasteiger partial charge >= 0.3 is 0 Å². The maximum atomic E-state index is 9.73. The molecule has 1 aromatic carbocycles. The highest BCUT2D eigenvalue weighted by atomic mass is 16.7. The van der Waals surface area contributed by atoms with Gasteiger partial charge < -0.3 is 29.9 Å². The van der Waals surface area contributed by atoms with E-state index in [4.69, 9.17) is 14.6 Å². The van der Waals surface area contributed by atoms with Crippen molar-refractivity contribution < 1.29 is 29.9 Å². The number of benzene rings is 1. The highest BCUT2D eigenvalue weighted by Crippen LogP contribution is 2.23. The van der Waals surface area contributed by atoms with Gasteiger partial charge in [0.05, 0.1) is 6.61 Å². The Morgan fingerprint density at radius 3 is 2.39 bits per heavy atom. The van der Waals surface area contributed by atoms with E-state index in [0.717, 1.165) is 0 Å². The van der Waals surface area contributed by atoms with Crippen LogP contribution < -0.4 is 4.74 Å². The van der Waals surface area contributed by atoms with Crippen LogP contribution in [0.15, 0.2) is 24.3 Å². The Hall–Kier alpha value is -1.18. The fraction of sp³-hybridized carbons (Fsp3) is 0.500. The van der Waals surface area contributed by atoms with Gasteiger partial charge in [0.15, 0.2) is 0 Å². The number of aliphatic hydroxyl groups is 4. The van der Waals surface area contributed by atoms with Gasteiger partial charge in [0.1, 0.15) is 30.2 Å². The summed E-state index contributed by atoms with van der Waals surface area (Å²) in [6.07, 6.45) is -6.33. The molecule has 0 saturated carbocycles. The van der Waals surface area contributed by atoms with Crippen molar-refractivity contribution in [2.75, 3.05) is 6.61 Å². The number of ether oxygens (including phenoxy) is 2. The quantitative estimate of drug-likeness (QED) is 0.534.